The minimum atomic E-state index is -0.190. The summed E-state index contributed by atoms with van der Waals surface area (Å²) in [6.07, 6.45) is 6.62. The second-order valence-corrected chi connectivity index (χ2v) is 4.66. The molecule has 2 atom stereocenters. The van der Waals surface area contributed by atoms with Crippen LogP contribution in [0.1, 0.15) is 52.9 Å². The third kappa shape index (κ3) is 5.36. The lowest BCUT2D eigenvalue weighted by atomic mass is 9.85. The lowest BCUT2D eigenvalue weighted by Gasteiger charge is -2.31. The molecule has 0 bridgehead atoms. The van der Waals surface area contributed by atoms with Crippen LogP contribution in [0, 0.1) is 5.92 Å². The summed E-state index contributed by atoms with van der Waals surface area (Å²) in [7, 11) is 0. The highest BCUT2D eigenvalue weighted by atomic mass is 16.7. The van der Waals surface area contributed by atoms with E-state index in [9.17, 15) is 0 Å². The highest BCUT2D eigenvalue weighted by Crippen LogP contribution is 2.29. The van der Waals surface area contributed by atoms with Crippen molar-refractivity contribution in [1.82, 2.24) is 0 Å². The molecule has 2 unspecified atom stereocenters. The molecule has 0 heterocycles. The molecular formula is C14H28O3. The summed E-state index contributed by atoms with van der Waals surface area (Å²) in [4.78, 5) is 0. The van der Waals surface area contributed by atoms with Crippen molar-refractivity contribution in [3.05, 3.63) is 0 Å². The average molecular weight is 244 g/mol. The van der Waals surface area contributed by atoms with Gasteiger partial charge in [0.15, 0.2) is 6.29 Å². The van der Waals surface area contributed by atoms with E-state index in [1.807, 2.05) is 13.8 Å². The van der Waals surface area contributed by atoms with Gasteiger partial charge in [0.1, 0.15) is 0 Å². The fourth-order valence-corrected chi connectivity index (χ4v) is 2.58. The SMILES string of the molecule is CCOC(COC1CCCCC1CC)OCC. The van der Waals surface area contributed by atoms with Gasteiger partial charge < -0.3 is 14.2 Å². The fourth-order valence-electron chi connectivity index (χ4n) is 2.58. The van der Waals surface area contributed by atoms with Gasteiger partial charge in [0.2, 0.25) is 0 Å². The monoisotopic (exact) mass is 244 g/mol. The van der Waals surface area contributed by atoms with Crippen LogP contribution in [0.25, 0.3) is 0 Å². The van der Waals surface area contributed by atoms with Crippen molar-refractivity contribution in [2.45, 2.75) is 65.3 Å². The molecule has 1 aliphatic rings. The van der Waals surface area contributed by atoms with E-state index in [0.717, 1.165) is 5.92 Å². The Labute approximate surface area is 106 Å². The topological polar surface area (TPSA) is 27.7 Å². The van der Waals surface area contributed by atoms with E-state index < -0.39 is 0 Å². The quantitative estimate of drug-likeness (QED) is 0.613. The Morgan fingerprint density at radius 1 is 1.00 bits per heavy atom. The van der Waals surface area contributed by atoms with Crippen molar-refractivity contribution in [1.29, 1.82) is 0 Å². The molecule has 3 heteroatoms. The van der Waals surface area contributed by atoms with E-state index in [1.165, 1.54) is 32.1 Å². The highest BCUT2D eigenvalue weighted by Gasteiger charge is 2.25. The molecule has 0 amide bonds. The van der Waals surface area contributed by atoms with Gasteiger partial charge in [0.05, 0.1) is 12.7 Å². The van der Waals surface area contributed by atoms with Crippen molar-refractivity contribution in [2.75, 3.05) is 19.8 Å². The minimum absolute atomic E-state index is 0.190. The fraction of sp³-hybridized carbons (Fsp3) is 1.00. The minimum Gasteiger partial charge on any atom is -0.373 e. The molecule has 17 heavy (non-hydrogen) atoms. The third-order valence-electron chi connectivity index (χ3n) is 3.52. The first-order chi connectivity index (χ1) is 8.31. The van der Waals surface area contributed by atoms with Crippen molar-refractivity contribution >= 4 is 0 Å². The Morgan fingerprint density at radius 2 is 1.65 bits per heavy atom. The van der Waals surface area contributed by atoms with E-state index in [0.29, 0.717) is 25.9 Å². The predicted octanol–water partition coefficient (Wildman–Crippen LogP) is 3.37. The zero-order valence-corrected chi connectivity index (χ0v) is 11.6. The lowest BCUT2D eigenvalue weighted by Crippen LogP contribution is -2.32. The van der Waals surface area contributed by atoms with Crippen LogP contribution in [0.5, 0.6) is 0 Å². The summed E-state index contributed by atoms with van der Waals surface area (Å²) in [6, 6.07) is 0. The maximum Gasteiger partial charge on any atom is 0.180 e. The van der Waals surface area contributed by atoms with E-state index >= 15 is 0 Å². The largest absolute Gasteiger partial charge is 0.373 e. The summed E-state index contributed by atoms with van der Waals surface area (Å²) in [5.74, 6) is 0.729. The maximum absolute atomic E-state index is 6.00. The zero-order chi connectivity index (χ0) is 12.5. The molecule has 1 fully saturated rings. The van der Waals surface area contributed by atoms with Gasteiger partial charge in [-0.1, -0.05) is 26.2 Å². The van der Waals surface area contributed by atoms with Crippen molar-refractivity contribution in [2.24, 2.45) is 5.92 Å². The van der Waals surface area contributed by atoms with Crippen LogP contribution < -0.4 is 0 Å². The van der Waals surface area contributed by atoms with Crippen LogP contribution in [0.15, 0.2) is 0 Å². The molecule has 0 aromatic heterocycles. The van der Waals surface area contributed by atoms with Crippen molar-refractivity contribution in [3.8, 4) is 0 Å². The molecular weight excluding hydrogens is 216 g/mol. The molecule has 102 valence electrons. The molecule has 0 saturated heterocycles. The predicted molar refractivity (Wildman–Crippen MR) is 69.0 cm³/mol. The van der Waals surface area contributed by atoms with Gasteiger partial charge >= 0.3 is 0 Å². The van der Waals surface area contributed by atoms with Gasteiger partial charge in [-0.2, -0.15) is 0 Å². The molecule has 1 rings (SSSR count). The molecule has 1 saturated carbocycles. The summed E-state index contributed by atoms with van der Waals surface area (Å²) in [6.45, 7) is 8.16. The summed E-state index contributed by atoms with van der Waals surface area (Å²) in [5, 5.41) is 0. The van der Waals surface area contributed by atoms with Crippen molar-refractivity contribution in [3.63, 3.8) is 0 Å². The van der Waals surface area contributed by atoms with Gasteiger partial charge in [-0.25, -0.2) is 0 Å². The van der Waals surface area contributed by atoms with Crippen LogP contribution in [0.2, 0.25) is 0 Å². The Hall–Kier alpha value is -0.120. The Morgan fingerprint density at radius 3 is 2.24 bits per heavy atom. The molecule has 0 aliphatic heterocycles. The van der Waals surface area contributed by atoms with Crippen LogP contribution in [-0.4, -0.2) is 32.2 Å². The van der Waals surface area contributed by atoms with Gasteiger partial charge in [0.25, 0.3) is 0 Å². The summed E-state index contributed by atoms with van der Waals surface area (Å²) < 4.78 is 17.0. The number of rotatable bonds is 8. The lowest BCUT2D eigenvalue weighted by molar-refractivity contribution is -0.183. The normalized spacial score (nSPS) is 25.4. The summed E-state index contributed by atoms with van der Waals surface area (Å²) >= 11 is 0. The Balaban J connectivity index is 2.30. The Kier molecular flexibility index (Phi) is 7.82. The van der Waals surface area contributed by atoms with Crippen LogP contribution in [0.3, 0.4) is 0 Å². The zero-order valence-electron chi connectivity index (χ0n) is 11.6. The van der Waals surface area contributed by atoms with E-state index in [2.05, 4.69) is 6.92 Å². The van der Waals surface area contributed by atoms with E-state index in [1.54, 1.807) is 0 Å². The van der Waals surface area contributed by atoms with Gasteiger partial charge in [0, 0.05) is 13.2 Å². The van der Waals surface area contributed by atoms with Gasteiger partial charge in [-0.15, -0.1) is 0 Å². The second-order valence-electron chi connectivity index (χ2n) is 4.66. The second kappa shape index (κ2) is 8.90. The van der Waals surface area contributed by atoms with E-state index in [-0.39, 0.29) is 6.29 Å². The number of hydrogen-bond acceptors (Lipinski definition) is 3. The Bertz CT molecular complexity index is 178. The smallest absolute Gasteiger partial charge is 0.180 e. The number of hydrogen-bond donors (Lipinski definition) is 0. The standard InChI is InChI=1S/C14H28O3/c1-4-12-9-7-8-10-13(12)17-11-14(15-5-2)16-6-3/h12-14H,4-11H2,1-3H3. The first kappa shape index (κ1) is 14.9. The molecule has 3 nitrogen and oxygen atoms in total. The van der Waals surface area contributed by atoms with Crippen LogP contribution >= 0.6 is 0 Å². The van der Waals surface area contributed by atoms with Crippen LogP contribution in [-0.2, 0) is 14.2 Å². The van der Waals surface area contributed by atoms with Gasteiger partial charge in [-0.05, 0) is 32.6 Å². The molecule has 0 radical (unpaired) electrons. The van der Waals surface area contributed by atoms with Crippen molar-refractivity contribution < 1.29 is 14.2 Å². The van der Waals surface area contributed by atoms with Crippen LogP contribution in [0.4, 0.5) is 0 Å². The maximum atomic E-state index is 6.00. The molecule has 0 aromatic rings. The molecule has 0 N–H and O–H groups in total. The highest BCUT2D eigenvalue weighted by molar-refractivity contribution is 4.75. The first-order valence-electron chi connectivity index (χ1n) is 7.16. The molecule has 1 aliphatic carbocycles. The van der Waals surface area contributed by atoms with Gasteiger partial charge in [-0.3, -0.25) is 0 Å². The molecule has 0 aromatic carbocycles. The van der Waals surface area contributed by atoms with E-state index in [4.69, 9.17) is 14.2 Å². The number of ether oxygens (including phenoxy) is 3. The first-order valence-corrected chi connectivity index (χ1v) is 7.16. The summed E-state index contributed by atoms with van der Waals surface area (Å²) in [5.41, 5.74) is 0. The third-order valence-corrected chi connectivity index (χ3v) is 3.52. The molecule has 0 spiro atoms. The average Bonchev–Trinajstić information content (AvgIpc) is 2.37.